The number of hydrogen-bond acceptors (Lipinski definition) is 7. The lowest BCUT2D eigenvalue weighted by atomic mass is 10.0. The number of carbonyl (C=O) groups is 1. The molecule has 0 saturated heterocycles. The van der Waals surface area contributed by atoms with Gasteiger partial charge in [0.25, 0.3) is 11.5 Å². The predicted octanol–water partition coefficient (Wildman–Crippen LogP) is 4.03. The number of fused-ring (bicyclic) bond motifs is 1. The second-order valence-electron chi connectivity index (χ2n) is 7.67. The summed E-state index contributed by atoms with van der Waals surface area (Å²) in [4.78, 5) is 25.1. The summed E-state index contributed by atoms with van der Waals surface area (Å²) < 4.78 is 10.4. The van der Waals surface area contributed by atoms with Crippen LogP contribution in [0, 0.1) is 13.8 Å². The van der Waals surface area contributed by atoms with Crippen LogP contribution < -0.4 is 10.9 Å². The van der Waals surface area contributed by atoms with E-state index in [4.69, 9.17) is 9.05 Å². The average Bonchev–Trinajstić information content (AvgIpc) is 3.41. The van der Waals surface area contributed by atoms with Crippen LogP contribution in [0.2, 0.25) is 0 Å². The number of anilines is 1. The first-order chi connectivity index (χ1) is 16.0. The van der Waals surface area contributed by atoms with Gasteiger partial charge in [-0.05, 0) is 37.6 Å². The number of amides is 1. The van der Waals surface area contributed by atoms with E-state index in [0.717, 1.165) is 16.6 Å². The Morgan fingerprint density at radius 1 is 1.00 bits per heavy atom. The molecule has 9 heteroatoms. The summed E-state index contributed by atoms with van der Waals surface area (Å²) in [7, 11) is 0. The fraction of sp³-hybridized carbons (Fsp3) is 0.125. The van der Waals surface area contributed by atoms with Crippen molar-refractivity contribution in [2.24, 2.45) is 0 Å². The number of hydrogen-bond donors (Lipinski definition) is 2. The number of aromatic nitrogens is 4. The van der Waals surface area contributed by atoms with Gasteiger partial charge in [-0.2, -0.15) is 5.10 Å². The molecular formula is C24H19N5O4. The molecule has 5 rings (SSSR count). The van der Waals surface area contributed by atoms with Gasteiger partial charge in [-0.25, -0.2) is 5.10 Å². The Labute approximate surface area is 187 Å². The zero-order chi connectivity index (χ0) is 22.9. The molecule has 1 amide bonds. The molecule has 0 unspecified atom stereocenters. The van der Waals surface area contributed by atoms with Crippen LogP contribution >= 0.6 is 0 Å². The summed E-state index contributed by atoms with van der Waals surface area (Å²) in [6.45, 7) is 3.45. The molecule has 0 radical (unpaired) electrons. The quantitative estimate of drug-likeness (QED) is 0.422. The molecule has 3 aromatic heterocycles. The third-order valence-electron chi connectivity index (χ3n) is 5.28. The lowest BCUT2D eigenvalue weighted by Crippen LogP contribution is -2.14. The van der Waals surface area contributed by atoms with Crippen LogP contribution in [0.1, 0.15) is 33.1 Å². The van der Waals surface area contributed by atoms with Gasteiger partial charge in [0.15, 0.2) is 5.69 Å². The molecule has 0 saturated carbocycles. The molecule has 2 N–H and O–H groups in total. The van der Waals surface area contributed by atoms with Crippen LogP contribution in [0.5, 0.6) is 0 Å². The van der Waals surface area contributed by atoms with Crippen molar-refractivity contribution in [2.45, 2.75) is 20.3 Å². The average molecular weight is 441 g/mol. The Balaban J connectivity index is 1.41. The maximum Gasteiger partial charge on any atom is 0.272 e. The summed E-state index contributed by atoms with van der Waals surface area (Å²) in [5, 5.41) is 18.9. The van der Waals surface area contributed by atoms with Crippen LogP contribution in [-0.4, -0.2) is 26.4 Å². The van der Waals surface area contributed by atoms with E-state index in [-0.39, 0.29) is 17.2 Å². The number of benzene rings is 2. The standard InChI is InChI=1S/C24H19N5O4/c1-13-10-20(29-32-13)22-21(14(2)28-33-22)24(31)25-16-7-5-6-15(11-16)12-19-17-8-3-4-9-18(17)23(30)27-26-19/h3-11H,12H2,1-2H3,(H,25,31)(H,27,30). The van der Waals surface area contributed by atoms with Crippen molar-refractivity contribution in [3.05, 3.63) is 93.2 Å². The van der Waals surface area contributed by atoms with E-state index in [2.05, 4.69) is 25.8 Å². The zero-order valence-corrected chi connectivity index (χ0v) is 17.9. The fourth-order valence-electron chi connectivity index (χ4n) is 3.74. The van der Waals surface area contributed by atoms with Gasteiger partial charge in [0.05, 0.1) is 16.8 Å². The summed E-state index contributed by atoms with van der Waals surface area (Å²) in [5.74, 6) is 0.484. The third kappa shape index (κ3) is 3.91. The first-order valence-corrected chi connectivity index (χ1v) is 10.3. The van der Waals surface area contributed by atoms with Crippen molar-refractivity contribution in [1.29, 1.82) is 0 Å². The molecule has 5 aromatic rings. The molecule has 0 aliphatic rings. The number of aryl methyl sites for hydroxylation is 2. The van der Waals surface area contributed by atoms with Gasteiger partial charge < -0.3 is 14.4 Å². The zero-order valence-electron chi connectivity index (χ0n) is 17.9. The van der Waals surface area contributed by atoms with Gasteiger partial charge in [-0.15, -0.1) is 0 Å². The molecule has 0 spiro atoms. The molecule has 9 nitrogen and oxygen atoms in total. The molecule has 0 atom stereocenters. The molecule has 164 valence electrons. The fourth-order valence-corrected chi connectivity index (χ4v) is 3.74. The van der Waals surface area contributed by atoms with Crippen LogP contribution in [0.4, 0.5) is 5.69 Å². The van der Waals surface area contributed by atoms with Gasteiger partial charge in [-0.1, -0.05) is 40.6 Å². The Morgan fingerprint density at radius 3 is 2.61 bits per heavy atom. The summed E-state index contributed by atoms with van der Waals surface area (Å²) >= 11 is 0. The van der Waals surface area contributed by atoms with Crippen LogP contribution in [0.3, 0.4) is 0 Å². The van der Waals surface area contributed by atoms with Crippen molar-refractivity contribution in [3.8, 4) is 11.5 Å². The lowest BCUT2D eigenvalue weighted by molar-refractivity contribution is 0.102. The largest absolute Gasteiger partial charge is 0.361 e. The van der Waals surface area contributed by atoms with Crippen LogP contribution in [-0.2, 0) is 6.42 Å². The highest BCUT2D eigenvalue weighted by molar-refractivity contribution is 6.08. The van der Waals surface area contributed by atoms with Gasteiger partial charge in [0.2, 0.25) is 5.76 Å². The molecule has 0 bridgehead atoms. The van der Waals surface area contributed by atoms with Crippen molar-refractivity contribution in [2.75, 3.05) is 5.32 Å². The van der Waals surface area contributed by atoms with Crippen LogP contribution in [0.25, 0.3) is 22.2 Å². The molecule has 3 heterocycles. The van der Waals surface area contributed by atoms with Crippen LogP contribution in [0.15, 0.2) is 68.4 Å². The first kappa shape index (κ1) is 20.4. The number of H-pyrrole nitrogens is 1. The van der Waals surface area contributed by atoms with E-state index in [1.165, 1.54) is 0 Å². The van der Waals surface area contributed by atoms with Gasteiger partial charge >= 0.3 is 0 Å². The SMILES string of the molecule is Cc1cc(-c2onc(C)c2C(=O)Nc2cccc(Cc3n[nH]c(=O)c4ccccc34)c2)no1. The number of rotatable bonds is 5. The summed E-state index contributed by atoms with van der Waals surface area (Å²) in [5.41, 5.74) is 3.19. The van der Waals surface area contributed by atoms with E-state index in [1.807, 2.05) is 36.4 Å². The van der Waals surface area contributed by atoms with Crippen molar-refractivity contribution >= 4 is 22.4 Å². The van der Waals surface area contributed by atoms with Crippen molar-refractivity contribution in [1.82, 2.24) is 20.5 Å². The number of nitrogens with zero attached hydrogens (tertiary/aromatic N) is 3. The molecule has 0 fully saturated rings. The molecule has 2 aromatic carbocycles. The van der Waals surface area contributed by atoms with E-state index in [0.29, 0.717) is 40.2 Å². The highest BCUT2D eigenvalue weighted by atomic mass is 16.5. The van der Waals surface area contributed by atoms with E-state index < -0.39 is 0 Å². The minimum Gasteiger partial charge on any atom is -0.361 e. The Bertz CT molecular complexity index is 1550. The third-order valence-corrected chi connectivity index (χ3v) is 5.28. The van der Waals surface area contributed by atoms with E-state index >= 15 is 0 Å². The predicted molar refractivity (Wildman–Crippen MR) is 121 cm³/mol. The van der Waals surface area contributed by atoms with Crippen molar-refractivity contribution in [3.63, 3.8) is 0 Å². The maximum atomic E-state index is 13.1. The molecule has 0 aliphatic carbocycles. The molecular weight excluding hydrogens is 422 g/mol. The Hall–Kier alpha value is -4.53. The number of nitrogens with one attached hydrogen (secondary N) is 2. The Morgan fingerprint density at radius 2 is 1.82 bits per heavy atom. The van der Waals surface area contributed by atoms with E-state index in [9.17, 15) is 9.59 Å². The minimum atomic E-state index is -0.367. The topological polar surface area (TPSA) is 127 Å². The monoisotopic (exact) mass is 441 g/mol. The second kappa shape index (κ2) is 8.19. The van der Waals surface area contributed by atoms with Gasteiger partial charge in [-0.3, -0.25) is 9.59 Å². The second-order valence-corrected chi connectivity index (χ2v) is 7.67. The highest BCUT2D eigenvalue weighted by Gasteiger charge is 2.24. The van der Waals surface area contributed by atoms with Gasteiger partial charge in [0.1, 0.15) is 11.3 Å². The maximum absolute atomic E-state index is 13.1. The molecule has 0 aliphatic heterocycles. The normalized spacial score (nSPS) is 11.1. The first-order valence-electron chi connectivity index (χ1n) is 10.3. The van der Waals surface area contributed by atoms with Crippen molar-refractivity contribution < 1.29 is 13.8 Å². The minimum absolute atomic E-state index is 0.224. The smallest absolute Gasteiger partial charge is 0.272 e. The number of carbonyl (C=O) groups excluding carboxylic acids is 1. The molecule has 33 heavy (non-hydrogen) atoms. The summed E-state index contributed by atoms with van der Waals surface area (Å²) in [6, 6.07) is 16.5. The highest BCUT2D eigenvalue weighted by Crippen LogP contribution is 2.27. The lowest BCUT2D eigenvalue weighted by Gasteiger charge is -2.09. The summed E-state index contributed by atoms with van der Waals surface area (Å²) in [6.07, 6.45) is 0.483. The van der Waals surface area contributed by atoms with Gasteiger partial charge in [0, 0.05) is 23.6 Å². The number of aromatic amines is 1. The van der Waals surface area contributed by atoms with E-state index in [1.54, 1.807) is 32.0 Å². The Kier molecular flexibility index (Phi) is 5.06.